The quantitative estimate of drug-likeness (QED) is 0.599. The maximum absolute atomic E-state index is 11.3. The summed E-state index contributed by atoms with van der Waals surface area (Å²) < 4.78 is 12.2. The zero-order valence-corrected chi connectivity index (χ0v) is 12.9. The molecule has 1 aromatic carbocycles. The topological polar surface area (TPSA) is 82.7 Å². The zero-order chi connectivity index (χ0) is 16.3. The van der Waals surface area contributed by atoms with E-state index in [1.54, 1.807) is 24.2 Å². The van der Waals surface area contributed by atoms with Crippen LogP contribution >= 0.6 is 0 Å². The predicted molar refractivity (Wildman–Crippen MR) is 81.5 cm³/mol. The minimum Gasteiger partial charge on any atom is -0.493 e. The third kappa shape index (κ3) is 2.95. The van der Waals surface area contributed by atoms with Crippen molar-refractivity contribution in [1.29, 1.82) is 0 Å². The number of rotatable bonds is 6. The fourth-order valence-electron chi connectivity index (χ4n) is 2.16. The second-order valence-corrected chi connectivity index (χ2v) is 4.76. The van der Waals surface area contributed by atoms with Gasteiger partial charge in [0.05, 0.1) is 31.8 Å². The van der Waals surface area contributed by atoms with Crippen LogP contribution in [0.5, 0.6) is 11.5 Å². The molecule has 0 spiro atoms. The molecular weight excluding hydrogens is 288 g/mol. The molecular formula is C14H18N4O4. The van der Waals surface area contributed by atoms with Crippen molar-refractivity contribution in [2.75, 3.05) is 26.2 Å². The van der Waals surface area contributed by atoms with E-state index in [0.29, 0.717) is 23.7 Å². The van der Waals surface area contributed by atoms with Gasteiger partial charge in [0.1, 0.15) is 11.5 Å². The molecule has 0 aliphatic heterocycles. The van der Waals surface area contributed by atoms with E-state index in [-0.39, 0.29) is 5.69 Å². The molecule has 0 saturated carbocycles. The van der Waals surface area contributed by atoms with E-state index in [1.165, 1.54) is 20.3 Å². The molecule has 8 heteroatoms. The molecule has 0 aliphatic carbocycles. The number of methoxy groups -OCH3 is 2. The first kappa shape index (κ1) is 15.6. The lowest BCUT2D eigenvalue weighted by Crippen LogP contribution is -2.20. The van der Waals surface area contributed by atoms with Gasteiger partial charge in [0.2, 0.25) is 0 Å². The van der Waals surface area contributed by atoms with Gasteiger partial charge in [-0.15, -0.1) is 0 Å². The van der Waals surface area contributed by atoms with Crippen molar-refractivity contribution in [3.63, 3.8) is 0 Å². The number of hydrogen-bond acceptors (Lipinski definition) is 6. The Kier molecular flexibility index (Phi) is 4.50. The van der Waals surface area contributed by atoms with Crippen LogP contribution in [0.3, 0.4) is 0 Å². The van der Waals surface area contributed by atoms with E-state index in [4.69, 9.17) is 9.47 Å². The Morgan fingerprint density at radius 3 is 2.45 bits per heavy atom. The minimum absolute atomic E-state index is 0.0469. The predicted octanol–water partition coefficient (Wildman–Crippen LogP) is 1.98. The minimum atomic E-state index is -0.438. The van der Waals surface area contributed by atoms with Gasteiger partial charge in [-0.3, -0.25) is 10.1 Å². The molecule has 0 saturated heterocycles. The summed E-state index contributed by atoms with van der Waals surface area (Å²) in [4.78, 5) is 16.9. The van der Waals surface area contributed by atoms with Gasteiger partial charge >= 0.3 is 0 Å². The van der Waals surface area contributed by atoms with E-state index in [2.05, 4.69) is 4.98 Å². The molecule has 0 amide bonds. The van der Waals surface area contributed by atoms with Gasteiger partial charge in [0.25, 0.3) is 5.69 Å². The monoisotopic (exact) mass is 306 g/mol. The lowest BCUT2D eigenvalue weighted by molar-refractivity contribution is -0.384. The average molecular weight is 306 g/mol. The van der Waals surface area contributed by atoms with Gasteiger partial charge in [0.15, 0.2) is 11.5 Å². The van der Waals surface area contributed by atoms with Crippen molar-refractivity contribution >= 4 is 11.4 Å². The molecule has 0 bridgehead atoms. The summed E-state index contributed by atoms with van der Waals surface area (Å²) in [5.41, 5.74) is 0.389. The Bertz CT molecular complexity index is 683. The fraction of sp³-hybridized carbons (Fsp3) is 0.357. The largest absolute Gasteiger partial charge is 0.493 e. The smallest absolute Gasteiger partial charge is 0.296 e. The molecule has 0 atom stereocenters. The highest BCUT2D eigenvalue weighted by molar-refractivity contribution is 5.69. The number of imidazole rings is 1. The molecule has 118 valence electrons. The molecule has 1 aromatic heterocycles. The van der Waals surface area contributed by atoms with Crippen LogP contribution in [0.2, 0.25) is 0 Å². The van der Waals surface area contributed by atoms with Crippen molar-refractivity contribution in [2.24, 2.45) is 7.05 Å². The van der Waals surface area contributed by atoms with Gasteiger partial charge < -0.3 is 18.9 Å². The average Bonchev–Trinajstić information content (AvgIpc) is 2.90. The molecule has 0 aliphatic rings. The first-order valence-corrected chi connectivity index (χ1v) is 6.55. The summed E-state index contributed by atoms with van der Waals surface area (Å²) in [6, 6.07) is 2.96. The maximum Gasteiger partial charge on any atom is 0.296 e. The van der Waals surface area contributed by atoms with E-state index >= 15 is 0 Å². The Hall–Kier alpha value is -2.77. The Morgan fingerprint density at radius 1 is 1.32 bits per heavy atom. The van der Waals surface area contributed by atoms with Crippen LogP contribution in [-0.2, 0) is 13.6 Å². The Labute approximate surface area is 128 Å². The van der Waals surface area contributed by atoms with Crippen LogP contribution in [0.1, 0.15) is 5.82 Å². The third-order valence-corrected chi connectivity index (χ3v) is 3.39. The first-order valence-electron chi connectivity index (χ1n) is 6.55. The number of nitrogens with zero attached hydrogens (tertiary/aromatic N) is 4. The molecule has 22 heavy (non-hydrogen) atoms. The molecule has 1 heterocycles. The highest BCUT2D eigenvalue weighted by Gasteiger charge is 2.22. The van der Waals surface area contributed by atoms with Gasteiger partial charge in [-0.2, -0.15) is 0 Å². The number of hydrogen-bond donors (Lipinski definition) is 0. The normalized spacial score (nSPS) is 10.4. The number of nitro benzene ring substituents is 1. The number of nitro groups is 1. The molecule has 0 fully saturated rings. The molecule has 2 aromatic rings. The van der Waals surface area contributed by atoms with Crippen molar-refractivity contribution in [1.82, 2.24) is 9.55 Å². The van der Waals surface area contributed by atoms with E-state index < -0.39 is 4.92 Å². The standard InChI is InChI=1S/C14H18N4O4/c1-16-6-5-15-14(16)9-17(2)10-7-12(21-3)13(22-4)8-11(10)18(19)20/h5-8H,9H2,1-4H3. The van der Waals surface area contributed by atoms with Crippen LogP contribution < -0.4 is 14.4 Å². The summed E-state index contributed by atoms with van der Waals surface area (Å²) in [6.07, 6.45) is 3.51. The van der Waals surface area contributed by atoms with Gasteiger partial charge in [-0.1, -0.05) is 0 Å². The third-order valence-electron chi connectivity index (χ3n) is 3.39. The summed E-state index contributed by atoms with van der Waals surface area (Å²) >= 11 is 0. The summed E-state index contributed by atoms with van der Waals surface area (Å²) in [5.74, 6) is 1.56. The second-order valence-electron chi connectivity index (χ2n) is 4.76. The lowest BCUT2D eigenvalue weighted by atomic mass is 10.2. The highest BCUT2D eigenvalue weighted by atomic mass is 16.6. The molecule has 8 nitrogen and oxygen atoms in total. The lowest BCUT2D eigenvalue weighted by Gasteiger charge is -2.20. The zero-order valence-electron chi connectivity index (χ0n) is 12.9. The summed E-state index contributed by atoms with van der Waals surface area (Å²) in [7, 11) is 6.58. The van der Waals surface area contributed by atoms with Crippen molar-refractivity contribution < 1.29 is 14.4 Å². The SMILES string of the molecule is COc1cc(N(C)Cc2nccn2C)c([N+](=O)[O-])cc1OC. The fourth-order valence-corrected chi connectivity index (χ4v) is 2.16. The van der Waals surface area contributed by atoms with E-state index in [0.717, 1.165) is 5.82 Å². The number of aryl methyl sites for hydroxylation is 1. The van der Waals surface area contributed by atoms with E-state index in [9.17, 15) is 10.1 Å². The summed E-state index contributed by atoms with van der Waals surface area (Å²) in [5, 5.41) is 11.3. The summed E-state index contributed by atoms with van der Waals surface area (Å²) in [6.45, 7) is 0.430. The number of ether oxygens (including phenoxy) is 2. The van der Waals surface area contributed by atoms with Crippen molar-refractivity contribution in [3.05, 3.63) is 40.5 Å². The molecule has 0 unspecified atom stereocenters. The van der Waals surface area contributed by atoms with Crippen LogP contribution in [0, 0.1) is 10.1 Å². The molecule has 0 N–H and O–H groups in total. The van der Waals surface area contributed by atoms with Crippen LogP contribution in [0.4, 0.5) is 11.4 Å². The molecule has 0 radical (unpaired) electrons. The van der Waals surface area contributed by atoms with Crippen molar-refractivity contribution in [2.45, 2.75) is 6.54 Å². The Balaban J connectivity index is 2.43. The Morgan fingerprint density at radius 2 is 1.95 bits per heavy atom. The van der Waals surface area contributed by atoms with Gasteiger partial charge in [0, 0.05) is 32.6 Å². The first-order chi connectivity index (χ1) is 10.5. The van der Waals surface area contributed by atoms with Gasteiger partial charge in [-0.05, 0) is 0 Å². The molecule has 2 rings (SSSR count). The van der Waals surface area contributed by atoms with Crippen LogP contribution in [0.15, 0.2) is 24.5 Å². The van der Waals surface area contributed by atoms with Crippen molar-refractivity contribution in [3.8, 4) is 11.5 Å². The van der Waals surface area contributed by atoms with Crippen LogP contribution in [0.25, 0.3) is 0 Å². The van der Waals surface area contributed by atoms with E-state index in [1.807, 2.05) is 17.8 Å². The van der Waals surface area contributed by atoms with Gasteiger partial charge in [-0.25, -0.2) is 4.98 Å². The number of aromatic nitrogens is 2. The highest BCUT2D eigenvalue weighted by Crippen LogP contribution is 2.39. The number of anilines is 1. The second kappa shape index (κ2) is 6.33. The number of benzene rings is 1. The van der Waals surface area contributed by atoms with Crippen LogP contribution in [-0.4, -0.2) is 35.7 Å². The maximum atomic E-state index is 11.3.